The molecule has 0 aliphatic rings. The van der Waals surface area contributed by atoms with Crippen LogP contribution in [-0.2, 0) is 21.1 Å². The van der Waals surface area contributed by atoms with Gasteiger partial charge in [-0.1, -0.05) is 0 Å². The Kier molecular flexibility index (Phi) is 11.5. The SMILES string of the molecule is Fc1cc2c3cc(F)c(F)cc3[s+](C(F)(F)F)c2cc1F.Fc1cc2c3cc(F)c(F)cc3[s+](C(F)(F)F)c2cc1F.O=S(=O)([O-])C(F)(F)F.[Cl-]. The van der Waals surface area contributed by atoms with E-state index in [9.17, 15) is 74.6 Å². The molecule has 0 atom stereocenters. The Morgan fingerprint density at radius 3 is 0.706 bits per heavy atom. The Morgan fingerprint density at radius 2 is 0.569 bits per heavy atom. The highest BCUT2D eigenvalue weighted by Gasteiger charge is 2.49. The summed E-state index contributed by atoms with van der Waals surface area (Å²) in [5, 5.41) is -1.10. The van der Waals surface area contributed by atoms with E-state index in [2.05, 4.69) is 0 Å². The molecule has 2 heterocycles. The number of hydrogen-bond donors (Lipinski definition) is 0. The van der Waals surface area contributed by atoms with Gasteiger partial charge in [0.2, 0.25) is 0 Å². The monoisotopic (exact) mass is 834 g/mol. The lowest BCUT2D eigenvalue weighted by atomic mass is 10.1. The summed E-state index contributed by atoms with van der Waals surface area (Å²) in [6, 6.07) is 3.99. The maximum Gasteiger partial charge on any atom is 0.601 e. The average Bonchev–Trinajstić information content (AvgIpc) is 3.40. The quantitative estimate of drug-likeness (QED) is 0.0667. The summed E-state index contributed by atoms with van der Waals surface area (Å²) in [5.41, 5.74) is -15.3. The first-order valence-electron chi connectivity index (χ1n) is 12.3. The van der Waals surface area contributed by atoms with Gasteiger partial charge in [0.05, 0.1) is 21.5 Å². The smallest absolute Gasteiger partial charge is 0.601 e. The highest BCUT2D eigenvalue weighted by Crippen LogP contribution is 2.55. The van der Waals surface area contributed by atoms with Gasteiger partial charge in [-0.3, -0.25) is 0 Å². The molecule has 0 fully saturated rings. The second kappa shape index (κ2) is 14.0. The molecule has 0 aliphatic carbocycles. The van der Waals surface area contributed by atoms with Crippen LogP contribution in [0.2, 0.25) is 0 Å². The van der Waals surface area contributed by atoms with Crippen LogP contribution in [-0.4, -0.2) is 18.5 Å². The molecule has 0 saturated carbocycles. The largest absolute Gasteiger partial charge is 1.00 e. The third-order valence-corrected chi connectivity index (χ3v) is 10.9. The highest BCUT2D eigenvalue weighted by molar-refractivity contribution is 7.86. The highest BCUT2D eigenvalue weighted by atomic mass is 35.5. The van der Waals surface area contributed by atoms with E-state index in [0.717, 1.165) is 0 Å². The molecule has 0 unspecified atom stereocenters. The van der Waals surface area contributed by atoms with E-state index in [0.29, 0.717) is 48.5 Å². The van der Waals surface area contributed by atoms with Crippen molar-refractivity contribution >= 4 is 71.4 Å². The lowest BCUT2D eigenvalue weighted by Crippen LogP contribution is -3.00. The van der Waals surface area contributed by atoms with Crippen LogP contribution in [0.5, 0.6) is 0 Å². The Labute approximate surface area is 282 Å². The summed E-state index contributed by atoms with van der Waals surface area (Å²) in [6.07, 6.45) is 0. The van der Waals surface area contributed by atoms with Crippen LogP contribution in [0.25, 0.3) is 40.3 Å². The standard InChI is InChI=1S/2C13H4F7S.CHF3O3S.ClH/c2*14-7-1-5-6-2-8(15)10(17)4-12(6)21(13(18,19)20)11(5)3-9(7)16;2-1(3,4)8(5,6)7;/h2*1-4H;(H,5,6,7);1H/q2*+1;;/p-2. The lowest BCUT2D eigenvalue weighted by molar-refractivity contribution is -0.0871. The summed E-state index contributed by atoms with van der Waals surface area (Å²) < 4.78 is 242. The van der Waals surface area contributed by atoms with Gasteiger partial charge in [-0.2, -0.15) is 13.2 Å². The lowest BCUT2D eigenvalue weighted by Gasteiger charge is -2.08. The zero-order chi connectivity index (χ0) is 38.0. The summed E-state index contributed by atoms with van der Waals surface area (Å²) in [4.78, 5) is 0. The molecule has 0 saturated heterocycles. The molecule has 0 aliphatic heterocycles. The van der Waals surface area contributed by atoms with Crippen molar-refractivity contribution in [3.05, 3.63) is 95.1 Å². The third-order valence-electron chi connectivity index (χ3n) is 6.30. The number of halogens is 18. The molecule has 6 rings (SSSR count). The zero-order valence-electron chi connectivity index (χ0n) is 23.4. The summed E-state index contributed by atoms with van der Waals surface area (Å²) in [6.45, 7) is 0. The number of fused-ring (bicyclic) bond motifs is 6. The Morgan fingerprint density at radius 1 is 0.412 bits per heavy atom. The number of rotatable bonds is 0. The fourth-order valence-electron chi connectivity index (χ4n) is 4.37. The summed E-state index contributed by atoms with van der Waals surface area (Å²) in [5.74, 6) is -11.2. The molecular formula is C27H8ClF17O3S3. The fraction of sp³-hybridized carbons (Fsp3) is 0.111. The van der Waals surface area contributed by atoms with Crippen molar-refractivity contribution in [1.29, 1.82) is 0 Å². The molecule has 2 aromatic heterocycles. The molecule has 6 aromatic rings. The molecular weight excluding hydrogens is 827 g/mol. The Hall–Kier alpha value is -3.67. The van der Waals surface area contributed by atoms with Gasteiger partial charge < -0.3 is 17.0 Å². The molecule has 51 heavy (non-hydrogen) atoms. The number of thiophene rings is 2. The van der Waals surface area contributed by atoms with Crippen molar-refractivity contribution in [2.24, 2.45) is 0 Å². The van der Waals surface area contributed by atoms with Crippen molar-refractivity contribution in [2.75, 3.05) is 0 Å². The van der Waals surface area contributed by atoms with Crippen molar-refractivity contribution in [3.63, 3.8) is 0 Å². The first-order valence-corrected chi connectivity index (χ1v) is 16.1. The van der Waals surface area contributed by atoms with Gasteiger partial charge >= 0.3 is 16.5 Å². The minimum atomic E-state index is -6.09. The van der Waals surface area contributed by atoms with Gasteiger partial charge in [0.25, 0.3) is 0 Å². The normalized spacial score (nSPS) is 12.5. The first-order chi connectivity index (χ1) is 22.6. The van der Waals surface area contributed by atoms with Crippen LogP contribution in [0, 0.1) is 46.5 Å². The van der Waals surface area contributed by atoms with Gasteiger partial charge in [0.1, 0.15) is 20.9 Å². The second-order valence-corrected chi connectivity index (χ2v) is 14.7. The van der Waals surface area contributed by atoms with Crippen LogP contribution in [0.1, 0.15) is 0 Å². The summed E-state index contributed by atoms with van der Waals surface area (Å²) in [7, 11) is -11.4. The maximum atomic E-state index is 13.3. The van der Waals surface area contributed by atoms with Crippen LogP contribution in [0.15, 0.2) is 48.5 Å². The minimum Gasteiger partial charge on any atom is -1.00 e. The molecule has 0 radical (unpaired) electrons. The van der Waals surface area contributed by atoms with Crippen LogP contribution in [0.3, 0.4) is 0 Å². The molecule has 3 nitrogen and oxygen atoms in total. The van der Waals surface area contributed by atoms with E-state index in [1.165, 1.54) is 0 Å². The van der Waals surface area contributed by atoms with E-state index in [4.69, 9.17) is 13.0 Å². The van der Waals surface area contributed by atoms with E-state index in [1.54, 1.807) is 0 Å². The first kappa shape index (κ1) is 41.7. The molecule has 0 spiro atoms. The molecule has 4 aromatic carbocycles. The number of benzene rings is 4. The van der Waals surface area contributed by atoms with Gasteiger partial charge in [0, 0.05) is 24.3 Å². The summed E-state index contributed by atoms with van der Waals surface area (Å²) >= 11 is 0. The topological polar surface area (TPSA) is 57.2 Å². The van der Waals surface area contributed by atoms with E-state index in [-0.39, 0.29) is 34.0 Å². The van der Waals surface area contributed by atoms with E-state index in [1.807, 2.05) is 0 Å². The Balaban J connectivity index is 0.000000225. The van der Waals surface area contributed by atoms with E-state index >= 15 is 0 Å². The van der Waals surface area contributed by atoms with Crippen molar-refractivity contribution < 1.29 is 100 Å². The van der Waals surface area contributed by atoms with Gasteiger partial charge in [-0.25, -0.2) is 43.5 Å². The minimum absolute atomic E-state index is 0. The molecule has 0 amide bonds. The van der Waals surface area contributed by atoms with Gasteiger partial charge in [-0.05, 0) is 24.3 Å². The maximum absolute atomic E-state index is 13.3. The third kappa shape index (κ3) is 8.21. The van der Waals surface area contributed by atoms with Gasteiger partial charge in [0.15, 0.2) is 75.5 Å². The zero-order valence-corrected chi connectivity index (χ0v) is 26.6. The Bertz CT molecular complexity index is 2130. The average molecular weight is 835 g/mol. The second-order valence-electron chi connectivity index (χ2n) is 9.45. The van der Waals surface area contributed by atoms with Crippen LogP contribution < -0.4 is 12.4 Å². The predicted octanol–water partition coefficient (Wildman–Crippen LogP) is 8.60. The van der Waals surface area contributed by atoms with Crippen LogP contribution in [0.4, 0.5) is 74.6 Å². The van der Waals surface area contributed by atoms with Crippen molar-refractivity contribution in [1.82, 2.24) is 0 Å². The molecule has 0 N–H and O–H groups in total. The van der Waals surface area contributed by atoms with E-state index < -0.39 is 113 Å². The molecule has 278 valence electrons. The predicted molar refractivity (Wildman–Crippen MR) is 146 cm³/mol. The number of hydrogen-bond acceptors (Lipinski definition) is 3. The number of alkyl halides is 9. The van der Waals surface area contributed by atoms with Gasteiger partial charge in [-0.15, -0.1) is 26.3 Å². The fourth-order valence-corrected chi connectivity index (χ4v) is 8.28. The van der Waals surface area contributed by atoms with Crippen LogP contribution >= 0.6 is 20.9 Å². The van der Waals surface area contributed by atoms with Crippen molar-refractivity contribution in [3.8, 4) is 0 Å². The molecule has 0 bridgehead atoms. The molecule has 24 heteroatoms. The van der Waals surface area contributed by atoms with Crippen molar-refractivity contribution in [2.45, 2.75) is 16.5 Å².